The topological polar surface area (TPSA) is 70.6 Å². The fourth-order valence-corrected chi connectivity index (χ4v) is 6.20. The quantitative estimate of drug-likeness (QED) is 0.605. The number of carbonyl (C=O) groups excluding carboxylic acids is 1. The summed E-state index contributed by atoms with van der Waals surface area (Å²) in [4.78, 5) is 29.5. The van der Waals surface area contributed by atoms with E-state index in [1.807, 2.05) is 48.3 Å². The number of thiophene rings is 1. The number of aromatic nitrogens is 2. The van der Waals surface area contributed by atoms with Gasteiger partial charge in [0.15, 0.2) is 5.82 Å². The zero-order valence-corrected chi connectivity index (χ0v) is 20.4. The molecular formula is C25H31N5O2S. The predicted molar refractivity (Wildman–Crippen MR) is 133 cm³/mol. The number of methoxy groups -OCH3 is 1. The van der Waals surface area contributed by atoms with Gasteiger partial charge in [-0.05, 0) is 56.2 Å². The van der Waals surface area contributed by atoms with Crippen molar-refractivity contribution < 1.29 is 9.53 Å². The van der Waals surface area contributed by atoms with Crippen LogP contribution in [0.15, 0.2) is 18.2 Å². The fourth-order valence-electron chi connectivity index (χ4n) is 4.92. The molecule has 0 atom stereocenters. The van der Waals surface area contributed by atoms with E-state index < -0.39 is 0 Å². The minimum absolute atomic E-state index is 0.0344. The van der Waals surface area contributed by atoms with Gasteiger partial charge in [0.05, 0.1) is 5.39 Å². The molecule has 8 heteroatoms. The van der Waals surface area contributed by atoms with Gasteiger partial charge in [-0.2, -0.15) is 0 Å². The molecule has 1 aromatic carbocycles. The molecule has 0 saturated carbocycles. The number of fused-ring (bicyclic) bond motifs is 3. The van der Waals surface area contributed by atoms with Gasteiger partial charge in [0, 0.05) is 43.9 Å². The summed E-state index contributed by atoms with van der Waals surface area (Å²) >= 11 is 1.82. The summed E-state index contributed by atoms with van der Waals surface area (Å²) in [6.07, 6.45) is 4.72. The number of nitrogens with one attached hydrogen (secondary N) is 1. The molecule has 1 saturated heterocycles. The molecule has 1 N–H and O–H groups in total. The van der Waals surface area contributed by atoms with E-state index >= 15 is 0 Å². The highest BCUT2D eigenvalue weighted by atomic mass is 32.1. The van der Waals surface area contributed by atoms with Gasteiger partial charge in [0.1, 0.15) is 17.3 Å². The summed E-state index contributed by atoms with van der Waals surface area (Å²) in [6.45, 7) is 7.29. The lowest BCUT2D eigenvalue weighted by Gasteiger charge is -2.36. The average Bonchev–Trinajstić information content (AvgIpc) is 3.20. The van der Waals surface area contributed by atoms with Gasteiger partial charge in [-0.3, -0.25) is 0 Å². The minimum atomic E-state index is -0.0344. The second-order valence-corrected chi connectivity index (χ2v) is 10.0. The third-order valence-corrected chi connectivity index (χ3v) is 7.88. The van der Waals surface area contributed by atoms with E-state index in [9.17, 15) is 4.79 Å². The first-order valence-corrected chi connectivity index (χ1v) is 12.5. The maximum atomic E-state index is 13.0. The number of urea groups is 1. The molecule has 2 aliphatic rings. The Morgan fingerprint density at radius 2 is 1.82 bits per heavy atom. The van der Waals surface area contributed by atoms with Gasteiger partial charge in [-0.15, -0.1) is 11.3 Å². The van der Waals surface area contributed by atoms with E-state index in [2.05, 4.69) is 10.2 Å². The van der Waals surface area contributed by atoms with E-state index in [1.54, 1.807) is 7.11 Å². The van der Waals surface area contributed by atoms with E-state index in [-0.39, 0.29) is 6.03 Å². The number of nitrogens with zero attached hydrogens (tertiary/aromatic N) is 4. The Balaban J connectivity index is 1.37. The Hall–Kier alpha value is -2.71. The molecular weight excluding hydrogens is 434 g/mol. The lowest BCUT2D eigenvalue weighted by molar-refractivity contribution is 0.178. The first-order chi connectivity index (χ1) is 16.0. The molecule has 2 amide bonds. The summed E-state index contributed by atoms with van der Waals surface area (Å²) in [5.74, 6) is 1.75. The number of amides is 2. The molecule has 1 aliphatic carbocycles. The van der Waals surface area contributed by atoms with Crippen molar-refractivity contribution in [3.05, 3.63) is 45.6 Å². The van der Waals surface area contributed by atoms with Gasteiger partial charge in [0.2, 0.25) is 0 Å². The molecule has 3 heterocycles. The van der Waals surface area contributed by atoms with Gasteiger partial charge >= 0.3 is 6.03 Å². The molecule has 0 spiro atoms. The van der Waals surface area contributed by atoms with Crippen molar-refractivity contribution in [2.75, 3.05) is 43.5 Å². The summed E-state index contributed by atoms with van der Waals surface area (Å²) in [5, 5.41) is 4.35. The van der Waals surface area contributed by atoms with Crippen molar-refractivity contribution in [2.45, 2.75) is 46.1 Å². The molecule has 0 bridgehead atoms. The lowest BCUT2D eigenvalue weighted by Crippen LogP contribution is -2.50. The molecule has 0 radical (unpaired) electrons. The monoisotopic (exact) mass is 465 g/mol. The number of para-hydroxylation sites is 1. The van der Waals surface area contributed by atoms with Crippen LogP contribution in [0, 0.1) is 13.8 Å². The summed E-state index contributed by atoms with van der Waals surface area (Å²) in [7, 11) is 1.68. The van der Waals surface area contributed by atoms with Gasteiger partial charge in [-0.1, -0.05) is 18.2 Å². The first kappa shape index (κ1) is 22.1. The molecule has 1 aliphatic heterocycles. The van der Waals surface area contributed by atoms with Crippen LogP contribution in [-0.2, 0) is 24.2 Å². The van der Waals surface area contributed by atoms with Crippen molar-refractivity contribution in [3.63, 3.8) is 0 Å². The van der Waals surface area contributed by atoms with E-state index in [4.69, 9.17) is 14.7 Å². The van der Waals surface area contributed by atoms with Crippen molar-refractivity contribution >= 4 is 39.1 Å². The van der Waals surface area contributed by atoms with Crippen LogP contribution in [0.1, 0.15) is 40.2 Å². The van der Waals surface area contributed by atoms with Crippen LogP contribution in [-0.4, -0.2) is 54.2 Å². The Labute approximate surface area is 198 Å². The van der Waals surface area contributed by atoms with Crippen LogP contribution in [0.5, 0.6) is 0 Å². The third kappa shape index (κ3) is 4.29. The third-order valence-electron chi connectivity index (χ3n) is 6.69. The Bertz CT molecular complexity index is 1160. The zero-order valence-electron chi connectivity index (χ0n) is 19.6. The van der Waals surface area contributed by atoms with Crippen LogP contribution in [0.25, 0.3) is 10.2 Å². The van der Waals surface area contributed by atoms with Gasteiger partial charge in [0.25, 0.3) is 0 Å². The zero-order chi connectivity index (χ0) is 22.9. The highest BCUT2D eigenvalue weighted by Crippen LogP contribution is 2.40. The SMILES string of the molecule is COCc1nc(N2CCN(C(=O)Nc3c(C)cccc3C)CC2)c2c3c(sc2n1)CCCC3. The van der Waals surface area contributed by atoms with Crippen molar-refractivity contribution in [1.29, 1.82) is 0 Å². The van der Waals surface area contributed by atoms with Crippen LogP contribution < -0.4 is 10.2 Å². The Kier molecular flexibility index (Phi) is 6.21. The number of aryl methyl sites for hydroxylation is 4. The molecule has 174 valence electrons. The normalized spacial score (nSPS) is 16.2. The van der Waals surface area contributed by atoms with E-state index in [1.165, 1.54) is 28.7 Å². The van der Waals surface area contributed by atoms with Crippen molar-refractivity contribution in [2.24, 2.45) is 0 Å². The van der Waals surface area contributed by atoms with Crippen LogP contribution in [0.4, 0.5) is 16.3 Å². The number of hydrogen-bond donors (Lipinski definition) is 1. The highest BCUT2D eigenvalue weighted by molar-refractivity contribution is 7.19. The molecule has 3 aromatic rings. The number of rotatable bonds is 4. The summed E-state index contributed by atoms with van der Waals surface area (Å²) < 4.78 is 5.35. The van der Waals surface area contributed by atoms with Crippen molar-refractivity contribution in [3.8, 4) is 0 Å². The molecule has 0 unspecified atom stereocenters. The molecule has 1 fully saturated rings. The lowest BCUT2D eigenvalue weighted by atomic mass is 9.97. The Morgan fingerprint density at radius 3 is 2.55 bits per heavy atom. The average molecular weight is 466 g/mol. The second-order valence-electron chi connectivity index (χ2n) is 8.96. The first-order valence-electron chi connectivity index (χ1n) is 11.7. The fraction of sp³-hybridized carbons (Fsp3) is 0.480. The maximum Gasteiger partial charge on any atom is 0.321 e. The predicted octanol–water partition coefficient (Wildman–Crippen LogP) is 4.69. The minimum Gasteiger partial charge on any atom is -0.377 e. The number of carbonyl (C=O) groups is 1. The largest absolute Gasteiger partial charge is 0.377 e. The maximum absolute atomic E-state index is 13.0. The molecule has 33 heavy (non-hydrogen) atoms. The second kappa shape index (κ2) is 9.27. The van der Waals surface area contributed by atoms with Crippen molar-refractivity contribution in [1.82, 2.24) is 14.9 Å². The Morgan fingerprint density at radius 1 is 1.09 bits per heavy atom. The van der Waals surface area contributed by atoms with Crippen LogP contribution >= 0.6 is 11.3 Å². The van der Waals surface area contributed by atoms with Crippen LogP contribution in [0.3, 0.4) is 0 Å². The summed E-state index contributed by atoms with van der Waals surface area (Å²) in [5.41, 5.74) is 4.52. The van der Waals surface area contributed by atoms with E-state index in [0.717, 1.165) is 59.2 Å². The standard InChI is InChI=1S/C25H31N5O2S/c1-16-7-6-8-17(2)22(16)28-25(31)30-13-11-29(12-14-30)23-21-18-9-4-5-10-19(18)33-24(21)27-20(26-23)15-32-3/h6-8H,4-5,9-15H2,1-3H3,(H,28,31). The summed E-state index contributed by atoms with van der Waals surface area (Å²) in [6, 6.07) is 6.04. The van der Waals surface area contributed by atoms with E-state index in [0.29, 0.717) is 19.7 Å². The molecule has 5 rings (SSSR count). The number of piperazine rings is 1. The molecule has 7 nitrogen and oxygen atoms in total. The highest BCUT2D eigenvalue weighted by Gasteiger charge is 2.27. The number of benzene rings is 1. The number of anilines is 2. The number of hydrogen-bond acceptors (Lipinski definition) is 6. The smallest absolute Gasteiger partial charge is 0.321 e. The molecule has 2 aromatic heterocycles. The number of ether oxygens (including phenoxy) is 1. The van der Waals surface area contributed by atoms with Crippen LogP contribution in [0.2, 0.25) is 0 Å². The van der Waals surface area contributed by atoms with Gasteiger partial charge in [-0.25, -0.2) is 14.8 Å². The van der Waals surface area contributed by atoms with Gasteiger partial charge < -0.3 is 19.9 Å².